The molecule has 0 amide bonds. The van der Waals surface area contributed by atoms with E-state index in [-0.39, 0.29) is 11.4 Å². The normalized spacial score (nSPS) is 20.5. The Balaban J connectivity index is 2.35. The molecule has 0 aromatic heterocycles. The summed E-state index contributed by atoms with van der Waals surface area (Å²) in [5, 5.41) is 9.44. The lowest BCUT2D eigenvalue weighted by molar-refractivity contribution is 0.189. The van der Waals surface area contributed by atoms with Crippen LogP contribution in [0.15, 0.2) is 23.1 Å². The Labute approximate surface area is 112 Å². The van der Waals surface area contributed by atoms with Crippen LogP contribution in [0.25, 0.3) is 0 Å². The Bertz CT molecular complexity index is 557. The lowest BCUT2D eigenvalue weighted by atomic mass is 10.3. The maximum atomic E-state index is 12.4. The summed E-state index contributed by atoms with van der Waals surface area (Å²) < 4.78 is 36.2. The standard InChI is InChI=1S/C12H17NO5S/c1-17-11-4-3-10(7-12(11)18-2)19(15,16)13-6-5-9(14)8-13/h3-4,7,9,14H,5-6,8H2,1-2H3. The van der Waals surface area contributed by atoms with Crippen molar-refractivity contribution >= 4 is 10.0 Å². The second-order valence-corrected chi connectivity index (χ2v) is 6.26. The van der Waals surface area contributed by atoms with Gasteiger partial charge in [-0.3, -0.25) is 0 Å². The number of aliphatic hydroxyl groups excluding tert-OH is 1. The van der Waals surface area contributed by atoms with Crippen LogP contribution in [0, 0.1) is 0 Å². The SMILES string of the molecule is COc1ccc(S(=O)(=O)N2CCC(O)C2)cc1OC. The molecule has 0 aliphatic carbocycles. The summed E-state index contributed by atoms with van der Waals surface area (Å²) in [4.78, 5) is 0.138. The smallest absolute Gasteiger partial charge is 0.243 e. The van der Waals surface area contributed by atoms with Gasteiger partial charge in [0.1, 0.15) is 0 Å². The molecule has 1 aromatic carbocycles. The predicted molar refractivity (Wildman–Crippen MR) is 68.9 cm³/mol. The van der Waals surface area contributed by atoms with Crippen LogP contribution in [0.3, 0.4) is 0 Å². The highest BCUT2D eigenvalue weighted by Crippen LogP contribution is 2.31. The molecule has 0 spiro atoms. The molecule has 19 heavy (non-hydrogen) atoms. The van der Waals surface area contributed by atoms with Crippen LogP contribution in [0.1, 0.15) is 6.42 Å². The lowest BCUT2D eigenvalue weighted by Gasteiger charge is -2.17. The Morgan fingerprint density at radius 1 is 1.26 bits per heavy atom. The Morgan fingerprint density at radius 2 is 1.95 bits per heavy atom. The van der Waals surface area contributed by atoms with E-state index in [9.17, 15) is 13.5 Å². The summed E-state index contributed by atoms with van der Waals surface area (Å²) in [7, 11) is -0.650. The fraction of sp³-hybridized carbons (Fsp3) is 0.500. The summed E-state index contributed by atoms with van der Waals surface area (Å²) >= 11 is 0. The van der Waals surface area contributed by atoms with Gasteiger partial charge in [-0.2, -0.15) is 4.31 Å². The van der Waals surface area contributed by atoms with Crippen LogP contribution in [0.2, 0.25) is 0 Å². The maximum Gasteiger partial charge on any atom is 0.243 e. The molecular weight excluding hydrogens is 270 g/mol. The van der Waals surface area contributed by atoms with Gasteiger partial charge in [0.2, 0.25) is 10.0 Å². The molecule has 7 heteroatoms. The van der Waals surface area contributed by atoms with E-state index < -0.39 is 16.1 Å². The number of ether oxygens (including phenoxy) is 2. The van der Waals surface area contributed by atoms with E-state index in [1.54, 1.807) is 6.07 Å². The van der Waals surface area contributed by atoms with E-state index in [1.807, 2.05) is 0 Å². The minimum atomic E-state index is -3.59. The van der Waals surface area contributed by atoms with E-state index >= 15 is 0 Å². The average molecular weight is 287 g/mol. The minimum absolute atomic E-state index is 0.136. The van der Waals surface area contributed by atoms with Gasteiger partial charge in [-0.1, -0.05) is 0 Å². The van der Waals surface area contributed by atoms with Gasteiger partial charge in [-0.05, 0) is 18.6 Å². The molecule has 0 bridgehead atoms. The van der Waals surface area contributed by atoms with Gasteiger partial charge in [0.15, 0.2) is 11.5 Å². The molecule has 0 radical (unpaired) electrons. The number of hydrogen-bond acceptors (Lipinski definition) is 5. The fourth-order valence-electron chi connectivity index (χ4n) is 2.06. The van der Waals surface area contributed by atoms with E-state index in [1.165, 1.54) is 30.7 Å². The quantitative estimate of drug-likeness (QED) is 0.870. The van der Waals surface area contributed by atoms with Crippen LogP contribution in [0.5, 0.6) is 11.5 Å². The second kappa shape index (κ2) is 5.36. The van der Waals surface area contributed by atoms with Crippen LogP contribution in [0.4, 0.5) is 0 Å². The molecule has 1 aromatic rings. The van der Waals surface area contributed by atoms with Crippen molar-refractivity contribution in [1.29, 1.82) is 0 Å². The molecule has 1 aliphatic heterocycles. The first-order valence-corrected chi connectivity index (χ1v) is 7.33. The minimum Gasteiger partial charge on any atom is -0.493 e. The predicted octanol–water partition coefficient (Wildman–Crippen LogP) is 0.459. The molecule has 106 valence electrons. The highest BCUT2D eigenvalue weighted by molar-refractivity contribution is 7.89. The van der Waals surface area contributed by atoms with E-state index in [4.69, 9.17) is 9.47 Å². The van der Waals surface area contributed by atoms with Gasteiger partial charge in [0.05, 0.1) is 25.2 Å². The van der Waals surface area contributed by atoms with Gasteiger partial charge in [0, 0.05) is 19.2 Å². The van der Waals surface area contributed by atoms with Crippen LogP contribution in [-0.4, -0.2) is 51.2 Å². The first-order chi connectivity index (χ1) is 8.98. The van der Waals surface area contributed by atoms with Crippen LogP contribution >= 0.6 is 0 Å². The summed E-state index contributed by atoms with van der Waals surface area (Å²) in [5.41, 5.74) is 0. The highest BCUT2D eigenvalue weighted by Gasteiger charge is 2.32. The van der Waals surface area contributed by atoms with E-state index in [0.717, 1.165) is 0 Å². The molecule has 1 heterocycles. The van der Waals surface area contributed by atoms with Crippen molar-refractivity contribution in [1.82, 2.24) is 4.31 Å². The van der Waals surface area contributed by atoms with Crippen molar-refractivity contribution in [3.63, 3.8) is 0 Å². The van der Waals surface area contributed by atoms with Gasteiger partial charge < -0.3 is 14.6 Å². The van der Waals surface area contributed by atoms with Gasteiger partial charge in [-0.25, -0.2) is 8.42 Å². The third-order valence-electron chi connectivity index (χ3n) is 3.12. The van der Waals surface area contributed by atoms with Gasteiger partial charge in [-0.15, -0.1) is 0 Å². The molecule has 2 rings (SSSR count). The number of rotatable bonds is 4. The first kappa shape index (κ1) is 14.1. The molecule has 1 fully saturated rings. The first-order valence-electron chi connectivity index (χ1n) is 5.89. The molecule has 1 aliphatic rings. The number of β-amino-alcohol motifs (C(OH)–C–C–N with tert-alkyl or cyclic N) is 1. The van der Waals surface area contributed by atoms with E-state index in [0.29, 0.717) is 24.5 Å². The zero-order chi connectivity index (χ0) is 14.0. The van der Waals surface area contributed by atoms with Crippen molar-refractivity contribution in [2.24, 2.45) is 0 Å². The Kier molecular flexibility index (Phi) is 3.98. The monoisotopic (exact) mass is 287 g/mol. The number of benzene rings is 1. The summed E-state index contributed by atoms with van der Waals surface area (Å²) in [6.07, 6.45) is -0.123. The van der Waals surface area contributed by atoms with Gasteiger partial charge in [0.25, 0.3) is 0 Å². The molecule has 1 N–H and O–H groups in total. The largest absolute Gasteiger partial charge is 0.493 e. The fourth-order valence-corrected chi connectivity index (χ4v) is 3.56. The van der Waals surface area contributed by atoms with Crippen molar-refractivity contribution < 1.29 is 23.0 Å². The number of hydrogen-bond donors (Lipinski definition) is 1. The third kappa shape index (κ3) is 2.68. The Hall–Kier alpha value is -1.31. The number of nitrogens with zero attached hydrogens (tertiary/aromatic N) is 1. The molecule has 1 unspecified atom stereocenters. The summed E-state index contributed by atoms with van der Waals surface area (Å²) in [6, 6.07) is 4.46. The molecular formula is C12H17NO5S. The molecule has 1 saturated heterocycles. The molecule has 1 atom stereocenters. The number of aliphatic hydroxyl groups is 1. The highest BCUT2D eigenvalue weighted by atomic mass is 32.2. The zero-order valence-corrected chi connectivity index (χ0v) is 11.7. The third-order valence-corrected chi connectivity index (χ3v) is 4.98. The van der Waals surface area contributed by atoms with E-state index in [2.05, 4.69) is 0 Å². The summed E-state index contributed by atoms with van der Waals surface area (Å²) in [5.74, 6) is 0.839. The maximum absolute atomic E-state index is 12.4. The van der Waals surface area contributed by atoms with Crippen LogP contribution in [-0.2, 0) is 10.0 Å². The molecule has 6 nitrogen and oxygen atoms in total. The Morgan fingerprint density at radius 3 is 2.47 bits per heavy atom. The second-order valence-electron chi connectivity index (χ2n) is 4.32. The zero-order valence-electron chi connectivity index (χ0n) is 10.9. The van der Waals surface area contributed by atoms with Crippen LogP contribution < -0.4 is 9.47 Å². The van der Waals surface area contributed by atoms with Crippen molar-refractivity contribution in [3.05, 3.63) is 18.2 Å². The van der Waals surface area contributed by atoms with Crippen molar-refractivity contribution in [2.45, 2.75) is 17.4 Å². The van der Waals surface area contributed by atoms with Crippen molar-refractivity contribution in [2.75, 3.05) is 27.3 Å². The molecule has 0 saturated carbocycles. The number of sulfonamides is 1. The summed E-state index contributed by atoms with van der Waals surface area (Å²) in [6.45, 7) is 0.467. The number of methoxy groups -OCH3 is 2. The van der Waals surface area contributed by atoms with Gasteiger partial charge >= 0.3 is 0 Å². The lowest BCUT2D eigenvalue weighted by Crippen LogP contribution is -2.29. The average Bonchev–Trinajstić information content (AvgIpc) is 2.85. The van der Waals surface area contributed by atoms with Crippen molar-refractivity contribution in [3.8, 4) is 11.5 Å². The topological polar surface area (TPSA) is 76.1 Å².